The SMILES string of the molecule is Cc1ccc(N(c2ccc(C#N)cc2)c2ccc3c(c2)C(C)(C)c2cc(/C=C/c4ccc5c(c4)C(C)(C)c4cc(N(c6ccc(C)cc6)c6ccc(C#N)cc6)ccc4-5)ccc2-3)cc1. The lowest BCUT2D eigenvalue weighted by Crippen LogP contribution is -2.16. The Hall–Kier alpha value is -7.92. The molecule has 0 atom stereocenters. The summed E-state index contributed by atoms with van der Waals surface area (Å²) in [6.45, 7) is 13.6. The van der Waals surface area contributed by atoms with Crippen LogP contribution < -0.4 is 9.80 Å². The van der Waals surface area contributed by atoms with Gasteiger partial charge in [0.1, 0.15) is 0 Å². The number of anilines is 6. The van der Waals surface area contributed by atoms with Crippen molar-refractivity contribution in [1.82, 2.24) is 0 Å². The van der Waals surface area contributed by atoms with Gasteiger partial charge in [-0.25, -0.2) is 0 Å². The van der Waals surface area contributed by atoms with Crippen LogP contribution >= 0.6 is 0 Å². The summed E-state index contributed by atoms with van der Waals surface area (Å²) in [5.41, 5.74) is 22.3. The van der Waals surface area contributed by atoms with E-state index in [4.69, 9.17) is 0 Å². The quantitative estimate of drug-likeness (QED) is 0.143. The molecule has 0 saturated heterocycles. The Balaban J connectivity index is 0.939. The van der Waals surface area contributed by atoms with Gasteiger partial charge in [0.25, 0.3) is 0 Å². The zero-order chi connectivity index (χ0) is 44.3. The molecule has 0 bridgehead atoms. The van der Waals surface area contributed by atoms with E-state index in [1.54, 1.807) is 0 Å². The Labute approximate surface area is 377 Å². The van der Waals surface area contributed by atoms with Gasteiger partial charge in [-0.05, 0) is 167 Å². The largest absolute Gasteiger partial charge is 0.310 e. The van der Waals surface area contributed by atoms with Crippen molar-refractivity contribution in [2.45, 2.75) is 52.4 Å². The summed E-state index contributed by atoms with van der Waals surface area (Å²) in [4.78, 5) is 4.56. The maximum atomic E-state index is 9.49. The van der Waals surface area contributed by atoms with E-state index in [-0.39, 0.29) is 10.8 Å². The predicted molar refractivity (Wildman–Crippen MR) is 265 cm³/mol. The molecule has 0 N–H and O–H groups in total. The second kappa shape index (κ2) is 15.5. The molecule has 4 heteroatoms. The number of rotatable bonds is 8. The van der Waals surface area contributed by atoms with Gasteiger partial charge in [-0.3, -0.25) is 0 Å². The second-order valence-corrected chi connectivity index (χ2v) is 18.3. The van der Waals surface area contributed by atoms with Gasteiger partial charge in [-0.15, -0.1) is 0 Å². The lowest BCUT2D eigenvalue weighted by Gasteiger charge is -2.28. The van der Waals surface area contributed by atoms with Crippen LogP contribution in [-0.4, -0.2) is 0 Å². The molecule has 0 amide bonds. The van der Waals surface area contributed by atoms with E-state index in [9.17, 15) is 10.5 Å². The first kappa shape index (κ1) is 40.2. The number of aryl methyl sites for hydroxylation is 2. The molecule has 0 aromatic heterocycles. The Bertz CT molecular complexity index is 3010. The molecular formula is C60H48N4. The molecule has 2 aliphatic rings. The molecule has 0 heterocycles. The number of hydrogen-bond donors (Lipinski definition) is 0. The average molecular weight is 825 g/mol. The van der Waals surface area contributed by atoms with Gasteiger partial charge in [-0.1, -0.05) is 124 Å². The molecule has 0 fully saturated rings. The zero-order valence-electron chi connectivity index (χ0n) is 37.1. The van der Waals surface area contributed by atoms with Crippen molar-refractivity contribution < 1.29 is 0 Å². The van der Waals surface area contributed by atoms with Crippen LogP contribution in [0.15, 0.2) is 170 Å². The van der Waals surface area contributed by atoms with Gasteiger partial charge >= 0.3 is 0 Å². The molecule has 64 heavy (non-hydrogen) atoms. The first-order valence-electron chi connectivity index (χ1n) is 21.9. The van der Waals surface area contributed by atoms with E-state index < -0.39 is 0 Å². The van der Waals surface area contributed by atoms with Crippen LogP contribution in [0.4, 0.5) is 34.1 Å². The van der Waals surface area contributed by atoms with Crippen LogP contribution in [0.1, 0.15) is 83.3 Å². The van der Waals surface area contributed by atoms with Crippen molar-refractivity contribution in [3.8, 4) is 34.4 Å². The van der Waals surface area contributed by atoms with Crippen LogP contribution in [0, 0.1) is 36.5 Å². The summed E-state index contributed by atoms with van der Waals surface area (Å²) in [5.74, 6) is 0. The van der Waals surface area contributed by atoms with E-state index >= 15 is 0 Å². The molecule has 308 valence electrons. The molecule has 10 rings (SSSR count). The molecule has 4 nitrogen and oxygen atoms in total. The maximum Gasteiger partial charge on any atom is 0.0991 e. The third-order valence-corrected chi connectivity index (χ3v) is 13.4. The summed E-state index contributed by atoms with van der Waals surface area (Å²) in [6, 6.07) is 64.9. The summed E-state index contributed by atoms with van der Waals surface area (Å²) < 4.78 is 0. The summed E-state index contributed by atoms with van der Waals surface area (Å²) in [7, 11) is 0. The molecule has 0 unspecified atom stereocenters. The van der Waals surface area contributed by atoms with Gasteiger partial charge in [-0.2, -0.15) is 10.5 Å². The lowest BCUT2D eigenvalue weighted by atomic mass is 9.81. The molecule has 0 aliphatic heterocycles. The minimum absolute atomic E-state index is 0.217. The summed E-state index contributed by atoms with van der Waals surface area (Å²) >= 11 is 0. The standard InChI is InChI=1S/C60H48N4/c1-39-7-19-45(20-8-39)63(47-23-13-43(37-61)14-24-47)49-27-31-53-51-29-17-41(33-55(51)59(3,4)57(53)35-49)11-12-42-18-30-52-54-32-28-50(36-58(54)60(5,6)56(52)34-42)64(46-21-9-40(2)10-22-46)48-25-15-44(38-62)16-26-48/h7-36H,1-6H3/b12-11+. The smallest absolute Gasteiger partial charge is 0.0991 e. The van der Waals surface area contributed by atoms with E-state index in [0.29, 0.717) is 11.1 Å². The van der Waals surface area contributed by atoms with Gasteiger partial charge in [0.2, 0.25) is 0 Å². The number of hydrogen-bond acceptors (Lipinski definition) is 4. The first-order chi connectivity index (χ1) is 30.9. The van der Waals surface area contributed by atoms with Crippen LogP contribution in [0.25, 0.3) is 34.4 Å². The van der Waals surface area contributed by atoms with Crippen LogP contribution in [0.3, 0.4) is 0 Å². The number of fused-ring (bicyclic) bond motifs is 6. The van der Waals surface area contributed by atoms with Crippen LogP contribution in [0.5, 0.6) is 0 Å². The van der Waals surface area contributed by atoms with Gasteiger partial charge in [0.15, 0.2) is 0 Å². The van der Waals surface area contributed by atoms with Crippen molar-refractivity contribution in [2.75, 3.05) is 9.80 Å². The van der Waals surface area contributed by atoms with Gasteiger partial charge in [0.05, 0.1) is 23.3 Å². The second-order valence-electron chi connectivity index (χ2n) is 18.3. The van der Waals surface area contributed by atoms with Crippen molar-refractivity contribution in [3.05, 3.63) is 225 Å². The Morgan fingerprint density at radius 3 is 0.969 bits per heavy atom. The number of nitriles is 2. The monoisotopic (exact) mass is 824 g/mol. The fourth-order valence-corrected chi connectivity index (χ4v) is 9.82. The van der Waals surface area contributed by atoms with E-state index in [0.717, 1.165) is 34.1 Å². The van der Waals surface area contributed by atoms with Crippen molar-refractivity contribution in [3.63, 3.8) is 0 Å². The van der Waals surface area contributed by atoms with Crippen LogP contribution in [0.2, 0.25) is 0 Å². The van der Waals surface area contributed by atoms with Crippen molar-refractivity contribution >= 4 is 46.3 Å². The van der Waals surface area contributed by atoms with Gasteiger partial charge < -0.3 is 9.80 Å². The highest BCUT2D eigenvalue weighted by molar-refractivity contribution is 5.89. The van der Waals surface area contributed by atoms with Gasteiger partial charge in [0, 0.05) is 45.0 Å². The van der Waals surface area contributed by atoms with E-state index in [1.807, 2.05) is 48.5 Å². The number of nitrogens with zero attached hydrogens (tertiary/aromatic N) is 4. The maximum absolute atomic E-state index is 9.49. The zero-order valence-corrected chi connectivity index (χ0v) is 37.1. The molecule has 0 radical (unpaired) electrons. The fraction of sp³-hybridized carbons (Fsp3) is 0.133. The van der Waals surface area contributed by atoms with Crippen LogP contribution in [-0.2, 0) is 10.8 Å². The Morgan fingerprint density at radius 2 is 0.641 bits per heavy atom. The minimum Gasteiger partial charge on any atom is -0.310 e. The highest BCUT2D eigenvalue weighted by Crippen LogP contribution is 2.53. The summed E-state index contributed by atoms with van der Waals surface area (Å²) in [5, 5.41) is 19.0. The minimum atomic E-state index is -0.217. The predicted octanol–water partition coefficient (Wildman–Crippen LogP) is 15.8. The normalized spacial score (nSPS) is 13.6. The first-order valence-corrected chi connectivity index (χ1v) is 21.9. The Morgan fingerprint density at radius 1 is 0.359 bits per heavy atom. The molecule has 2 aliphatic carbocycles. The third kappa shape index (κ3) is 6.86. The molecular weight excluding hydrogens is 777 g/mol. The van der Waals surface area contributed by atoms with E-state index in [1.165, 1.54) is 66.8 Å². The topological polar surface area (TPSA) is 54.1 Å². The highest BCUT2D eigenvalue weighted by Gasteiger charge is 2.37. The highest BCUT2D eigenvalue weighted by atomic mass is 15.1. The Kier molecular flexibility index (Phi) is 9.70. The lowest BCUT2D eigenvalue weighted by molar-refractivity contribution is 0.660. The van der Waals surface area contributed by atoms with Crippen molar-refractivity contribution in [1.29, 1.82) is 10.5 Å². The molecule has 8 aromatic rings. The molecule has 0 spiro atoms. The molecule has 8 aromatic carbocycles. The summed E-state index contributed by atoms with van der Waals surface area (Å²) in [6.07, 6.45) is 4.50. The fourth-order valence-electron chi connectivity index (χ4n) is 9.82. The third-order valence-electron chi connectivity index (χ3n) is 13.4. The molecule has 0 saturated carbocycles. The number of benzene rings is 8. The average Bonchev–Trinajstić information content (AvgIpc) is 3.68. The van der Waals surface area contributed by atoms with E-state index in [2.05, 4.69) is 197 Å². The van der Waals surface area contributed by atoms with Crippen molar-refractivity contribution in [2.24, 2.45) is 0 Å².